The number of pyridine rings is 1. The zero-order chi connectivity index (χ0) is 14.8. The van der Waals surface area contributed by atoms with Crippen LogP contribution in [0.4, 0.5) is 11.4 Å². The number of carbonyl (C=O) groups excluding carboxylic acids is 1. The van der Waals surface area contributed by atoms with Crippen LogP contribution in [-0.4, -0.2) is 10.9 Å². The van der Waals surface area contributed by atoms with Gasteiger partial charge in [0.2, 0.25) is 0 Å². The van der Waals surface area contributed by atoms with Gasteiger partial charge in [0.15, 0.2) is 0 Å². The molecule has 0 saturated heterocycles. The van der Waals surface area contributed by atoms with Gasteiger partial charge < -0.3 is 11.1 Å². The van der Waals surface area contributed by atoms with E-state index in [1.807, 2.05) is 24.3 Å². The summed E-state index contributed by atoms with van der Waals surface area (Å²) < 4.78 is 0.601. The first-order valence-corrected chi connectivity index (χ1v) is 7.14. The Kier molecular flexibility index (Phi) is 3.58. The fourth-order valence-electron chi connectivity index (χ4n) is 2.15. The number of rotatable bonds is 2. The quantitative estimate of drug-likeness (QED) is 0.696. The van der Waals surface area contributed by atoms with Crippen LogP contribution in [0.3, 0.4) is 0 Å². The fourth-order valence-corrected chi connectivity index (χ4v) is 2.59. The maximum Gasteiger partial charge on any atom is 0.256 e. The second kappa shape index (κ2) is 5.54. The molecule has 0 aliphatic carbocycles. The molecule has 0 bridgehead atoms. The van der Waals surface area contributed by atoms with Crippen LogP contribution in [0.15, 0.2) is 59.3 Å². The highest BCUT2D eigenvalue weighted by Gasteiger charge is 2.13. The normalized spacial score (nSPS) is 10.5. The fraction of sp³-hybridized carbons (Fsp3) is 0. The van der Waals surface area contributed by atoms with Crippen LogP contribution in [0, 0.1) is 0 Å². The first kappa shape index (κ1) is 13.6. The predicted molar refractivity (Wildman–Crippen MR) is 88.3 cm³/mol. The third-order valence-electron chi connectivity index (χ3n) is 3.20. The van der Waals surface area contributed by atoms with Gasteiger partial charge in [-0.05, 0) is 40.2 Å². The number of aromatic nitrogens is 1. The summed E-state index contributed by atoms with van der Waals surface area (Å²) in [6, 6.07) is 12.8. The summed E-state index contributed by atoms with van der Waals surface area (Å²) in [6.45, 7) is 0. The Morgan fingerprint density at radius 1 is 1.14 bits per heavy atom. The zero-order valence-electron chi connectivity index (χ0n) is 11.0. The third kappa shape index (κ3) is 2.60. The van der Waals surface area contributed by atoms with Crippen molar-refractivity contribution in [2.45, 2.75) is 0 Å². The highest BCUT2D eigenvalue weighted by molar-refractivity contribution is 9.10. The highest BCUT2D eigenvalue weighted by atomic mass is 79.9. The molecule has 0 saturated carbocycles. The molecule has 21 heavy (non-hydrogen) atoms. The van der Waals surface area contributed by atoms with E-state index in [9.17, 15) is 4.79 Å². The number of carbonyl (C=O) groups is 1. The Morgan fingerprint density at radius 3 is 2.81 bits per heavy atom. The number of hydrogen-bond donors (Lipinski definition) is 2. The Hall–Kier alpha value is -2.40. The molecular formula is C16H12BrN3O. The molecule has 0 aliphatic rings. The average Bonchev–Trinajstić information content (AvgIpc) is 2.50. The Bertz CT molecular complexity index is 827. The van der Waals surface area contributed by atoms with E-state index in [0.717, 1.165) is 16.5 Å². The van der Waals surface area contributed by atoms with Gasteiger partial charge in [-0.25, -0.2) is 0 Å². The lowest BCUT2D eigenvalue weighted by Gasteiger charge is -2.10. The summed E-state index contributed by atoms with van der Waals surface area (Å²) in [6.07, 6.45) is 3.47. The minimum atomic E-state index is -0.210. The monoisotopic (exact) mass is 341 g/mol. The number of nitrogen functional groups attached to an aromatic ring is 1. The van der Waals surface area contributed by atoms with Crippen LogP contribution in [0.25, 0.3) is 10.8 Å². The molecular weight excluding hydrogens is 330 g/mol. The molecule has 3 N–H and O–H groups in total. The van der Waals surface area contributed by atoms with E-state index in [0.29, 0.717) is 15.7 Å². The average molecular weight is 342 g/mol. The molecule has 5 heteroatoms. The van der Waals surface area contributed by atoms with E-state index in [-0.39, 0.29) is 5.91 Å². The Morgan fingerprint density at radius 2 is 1.95 bits per heavy atom. The third-order valence-corrected chi connectivity index (χ3v) is 4.09. The van der Waals surface area contributed by atoms with E-state index < -0.39 is 0 Å². The molecule has 0 fully saturated rings. The van der Waals surface area contributed by atoms with Crippen molar-refractivity contribution in [2.75, 3.05) is 11.1 Å². The number of nitrogens with zero attached hydrogens (tertiary/aromatic N) is 1. The van der Waals surface area contributed by atoms with Gasteiger partial charge in [-0.2, -0.15) is 0 Å². The van der Waals surface area contributed by atoms with Crippen molar-refractivity contribution in [3.05, 3.63) is 64.9 Å². The van der Waals surface area contributed by atoms with E-state index in [1.54, 1.807) is 30.6 Å². The Labute approximate surface area is 130 Å². The molecule has 0 spiro atoms. The summed E-state index contributed by atoms with van der Waals surface area (Å²) in [7, 11) is 0. The summed E-state index contributed by atoms with van der Waals surface area (Å²) in [5, 5.41) is 4.84. The van der Waals surface area contributed by atoms with Crippen LogP contribution < -0.4 is 11.1 Å². The lowest BCUT2D eigenvalue weighted by atomic mass is 10.1. The topological polar surface area (TPSA) is 68.0 Å². The minimum absolute atomic E-state index is 0.210. The van der Waals surface area contributed by atoms with E-state index in [2.05, 4.69) is 26.2 Å². The maximum atomic E-state index is 12.4. The van der Waals surface area contributed by atoms with Gasteiger partial charge in [0.05, 0.1) is 10.0 Å². The number of anilines is 2. The van der Waals surface area contributed by atoms with Crippen molar-refractivity contribution in [1.82, 2.24) is 4.98 Å². The number of nitrogens with one attached hydrogen (secondary N) is 1. The molecule has 3 rings (SSSR count). The maximum absolute atomic E-state index is 12.4. The van der Waals surface area contributed by atoms with Gasteiger partial charge in [0.1, 0.15) is 0 Å². The van der Waals surface area contributed by atoms with Gasteiger partial charge in [-0.1, -0.05) is 18.2 Å². The van der Waals surface area contributed by atoms with Crippen molar-refractivity contribution in [3.8, 4) is 0 Å². The van der Waals surface area contributed by atoms with E-state index in [1.165, 1.54) is 0 Å². The highest BCUT2D eigenvalue weighted by Crippen LogP contribution is 2.26. The Balaban J connectivity index is 1.99. The molecule has 0 unspecified atom stereocenters. The predicted octanol–water partition coefficient (Wildman–Crippen LogP) is 3.83. The van der Waals surface area contributed by atoms with Crippen LogP contribution in [-0.2, 0) is 0 Å². The van der Waals surface area contributed by atoms with Crippen LogP contribution in [0.5, 0.6) is 0 Å². The zero-order valence-corrected chi connectivity index (χ0v) is 12.6. The van der Waals surface area contributed by atoms with Gasteiger partial charge in [0, 0.05) is 34.5 Å². The molecule has 3 aromatic rings. The molecule has 104 valence electrons. The van der Waals surface area contributed by atoms with Gasteiger partial charge in [-0.15, -0.1) is 0 Å². The summed E-state index contributed by atoms with van der Waals surface area (Å²) in [5.41, 5.74) is 7.59. The molecule has 1 heterocycles. The van der Waals surface area contributed by atoms with Crippen molar-refractivity contribution in [1.29, 1.82) is 0 Å². The number of fused-ring (bicyclic) bond motifs is 1. The first-order valence-electron chi connectivity index (χ1n) is 6.35. The minimum Gasteiger partial charge on any atom is -0.398 e. The molecule has 1 amide bonds. The standard InChI is InChI=1S/C16H12BrN3O/c17-15-12(4-2-5-13(15)18)16(21)20-14-6-1-3-10-9-19-8-7-11(10)14/h1-9H,18H2,(H,20,21). The molecule has 4 nitrogen and oxygen atoms in total. The first-order chi connectivity index (χ1) is 10.2. The van der Waals surface area contributed by atoms with Crippen molar-refractivity contribution in [2.24, 2.45) is 0 Å². The number of benzene rings is 2. The SMILES string of the molecule is Nc1cccc(C(=O)Nc2cccc3cnccc23)c1Br. The molecule has 0 atom stereocenters. The largest absolute Gasteiger partial charge is 0.398 e. The number of amides is 1. The van der Waals surface area contributed by atoms with Crippen molar-refractivity contribution >= 4 is 44.0 Å². The van der Waals surface area contributed by atoms with Crippen molar-refractivity contribution < 1.29 is 4.79 Å². The summed E-state index contributed by atoms with van der Waals surface area (Å²) in [5.74, 6) is -0.210. The molecule has 0 radical (unpaired) electrons. The van der Waals surface area contributed by atoms with Gasteiger partial charge >= 0.3 is 0 Å². The summed E-state index contributed by atoms with van der Waals surface area (Å²) >= 11 is 3.35. The van der Waals surface area contributed by atoms with Crippen LogP contribution in [0.1, 0.15) is 10.4 Å². The number of nitrogens with two attached hydrogens (primary N) is 1. The summed E-state index contributed by atoms with van der Waals surface area (Å²) in [4.78, 5) is 16.5. The van der Waals surface area contributed by atoms with Gasteiger partial charge in [-0.3, -0.25) is 9.78 Å². The smallest absolute Gasteiger partial charge is 0.256 e. The van der Waals surface area contributed by atoms with E-state index in [4.69, 9.17) is 5.73 Å². The van der Waals surface area contributed by atoms with Crippen LogP contribution >= 0.6 is 15.9 Å². The molecule has 1 aromatic heterocycles. The second-order valence-electron chi connectivity index (χ2n) is 4.57. The lowest BCUT2D eigenvalue weighted by molar-refractivity contribution is 0.102. The van der Waals surface area contributed by atoms with Crippen molar-refractivity contribution in [3.63, 3.8) is 0 Å². The second-order valence-corrected chi connectivity index (χ2v) is 5.36. The number of hydrogen-bond acceptors (Lipinski definition) is 3. The number of halogens is 1. The van der Waals surface area contributed by atoms with Gasteiger partial charge in [0.25, 0.3) is 5.91 Å². The van der Waals surface area contributed by atoms with Crippen LogP contribution in [0.2, 0.25) is 0 Å². The lowest BCUT2D eigenvalue weighted by Crippen LogP contribution is -2.13. The molecule has 0 aliphatic heterocycles. The molecule has 2 aromatic carbocycles. The van der Waals surface area contributed by atoms with E-state index >= 15 is 0 Å².